The largest absolute Gasteiger partial charge is 0.416 e. The first-order valence-corrected chi connectivity index (χ1v) is 8.29. The lowest BCUT2D eigenvalue weighted by molar-refractivity contribution is -0.143. The molecule has 0 N–H and O–H groups in total. The van der Waals surface area contributed by atoms with Gasteiger partial charge in [0, 0.05) is 3.57 Å². The molecule has 0 aliphatic heterocycles. The van der Waals surface area contributed by atoms with Crippen LogP contribution in [0.15, 0.2) is 48.5 Å². The smallest absolute Gasteiger partial charge is 0.166 e. The molecule has 0 atom stereocenters. The van der Waals surface area contributed by atoms with E-state index in [4.69, 9.17) is 0 Å². The summed E-state index contributed by atoms with van der Waals surface area (Å²) in [6.07, 6.45) is -9.50. The van der Waals surface area contributed by atoms with E-state index >= 15 is 0 Å². The molecule has 0 saturated carbocycles. The van der Waals surface area contributed by atoms with Crippen molar-refractivity contribution in [1.82, 2.24) is 0 Å². The second-order valence-corrected chi connectivity index (χ2v) is 7.58. The third kappa shape index (κ3) is 7.25. The third-order valence-corrected chi connectivity index (χ3v) is 3.95. The maximum absolute atomic E-state index is 12.0. The third-order valence-electron chi connectivity index (χ3n) is 3.23. The van der Waals surface area contributed by atoms with Crippen LogP contribution in [0.4, 0.5) is 26.3 Å². The molecule has 0 saturated heterocycles. The molecular weight excluding hydrogens is 457 g/mol. The zero-order chi connectivity index (χ0) is 19.5. The van der Waals surface area contributed by atoms with Crippen LogP contribution in [0.5, 0.6) is 0 Å². The van der Waals surface area contributed by atoms with E-state index in [-0.39, 0.29) is 11.5 Å². The van der Waals surface area contributed by atoms with Crippen LogP contribution in [-0.2, 0) is 17.8 Å². The van der Waals surface area contributed by atoms with Gasteiger partial charge in [0.2, 0.25) is 0 Å². The summed E-state index contributed by atoms with van der Waals surface area (Å²) in [6.45, 7) is 6.69. The minimum absolute atomic E-state index is 0.0833. The number of hydrogen-bond donors (Lipinski definition) is 0. The van der Waals surface area contributed by atoms with E-state index < -0.39 is 23.5 Å². The van der Waals surface area contributed by atoms with Gasteiger partial charge in [0.1, 0.15) is 0 Å². The molecule has 0 aliphatic carbocycles. The Hall–Kier alpha value is -1.25. The minimum Gasteiger partial charge on any atom is -0.166 e. The number of rotatable bonds is 0. The van der Waals surface area contributed by atoms with Gasteiger partial charge >= 0.3 is 12.4 Å². The van der Waals surface area contributed by atoms with Gasteiger partial charge in [-0.15, -0.1) is 0 Å². The van der Waals surface area contributed by atoms with Crippen LogP contribution >= 0.6 is 22.6 Å². The molecule has 0 amide bonds. The van der Waals surface area contributed by atoms with Gasteiger partial charge in [-0.25, -0.2) is 0 Å². The lowest BCUT2D eigenvalue weighted by Crippen LogP contribution is -2.10. The van der Waals surface area contributed by atoms with Crippen LogP contribution in [0.1, 0.15) is 37.5 Å². The van der Waals surface area contributed by atoms with Crippen molar-refractivity contribution in [2.45, 2.75) is 38.5 Å². The highest BCUT2D eigenvalue weighted by Gasteiger charge is 2.35. The normalized spacial score (nSPS) is 12.4. The molecule has 2 aromatic carbocycles. The molecule has 0 fully saturated rings. The van der Waals surface area contributed by atoms with Crippen molar-refractivity contribution >= 4 is 22.6 Å². The van der Waals surface area contributed by atoms with Crippen LogP contribution in [0.3, 0.4) is 0 Å². The molecule has 2 rings (SSSR count). The summed E-state index contributed by atoms with van der Waals surface area (Å²) in [5.41, 5.74) is -0.915. The van der Waals surface area contributed by atoms with Crippen LogP contribution in [0.2, 0.25) is 0 Å². The van der Waals surface area contributed by atoms with E-state index in [0.29, 0.717) is 12.1 Å². The van der Waals surface area contributed by atoms with Crippen molar-refractivity contribution in [2.75, 3.05) is 0 Å². The molecule has 0 aliphatic rings. The molecule has 0 nitrogen and oxygen atoms in total. The first-order valence-electron chi connectivity index (χ1n) is 7.22. The minimum atomic E-state index is -4.75. The summed E-state index contributed by atoms with van der Waals surface area (Å²) in [5.74, 6) is 0. The highest BCUT2D eigenvalue weighted by molar-refractivity contribution is 14.1. The van der Waals surface area contributed by atoms with Gasteiger partial charge in [-0.2, -0.15) is 26.3 Å². The molecule has 7 heteroatoms. The Labute approximate surface area is 156 Å². The molecule has 0 unspecified atom stereocenters. The zero-order valence-corrected chi connectivity index (χ0v) is 15.9. The van der Waals surface area contributed by atoms with E-state index in [1.54, 1.807) is 0 Å². The Balaban J connectivity index is 0.000000257. The van der Waals surface area contributed by atoms with Crippen LogP contribution in [0.25, 0.3) is 0 Å². The molecule has 25 heavy (non-hydrogen) atoms. The fraction of sp³-hybridized carbons (Fsp3) is 0.333. The van der Waals surface area contributed by atoms with E-state index in [0.717, 1.165) is 6.07 Å². The maximum atomic E-state index is 12.0. The summed E-state index contributed by atoms with van der Waals surface area (Å²) < 4.78 is 73.2. The van der Waals surface area contributed by atoms with Crippen molar-refractivity contribution in [3.63, 3.8) is 0 Å². The Morgan fingerprint density at radius 1 is 0.640 bits per heavy atom. The summed E-state index contributed by atoms with van der Waals surface area (Å²) >= 11 is 2.32. The van der Waals surface area contributed by atoms with E-state index in [1.165, 1.54) is 9.13 Å². The maximum Gasteiger partial charge on any atom is 0.416 e. The second-order valence-electron chi connectivity index (χ2n) is 6.33. The van der Waals surface area contributed by atoms with Crippen LogP contribution in [-0.4, -0.2) is 0 Å². The molecule has 0 aromatic heterocycles. The van der Waals surface area contributed by atoms with Gasteiger partial charge in [0.05, 0.1) is 11.1 Å². The summed E-state index contributed by atoms with van der Waals surface area (Å²) in [5, 5.41) is 0. The van der Waals surface area contributed by atoms with E-state index in [9.17, 15) is 26.3 Å². The predicted octanol–water partition coefficient (Wildman–Crippen LogP) is 7.31. The van der Waals surface area contributed by atoms with Crippen LogP contribution < -0.4 is 0 Å². The number of halogens is 7. The lowest BCUT2D eigenvalue weighted by Gasteiger charge is -2.18. The molecule has 0 spiro atoms. The molecule has 0 radical (unpaired) electrons. The van der Waals surface area contributed by atoms with Crippen molar-refractivity contribution < 1.29 is 26.3 Å². The van der Waals surface area contributed by atoms with Gasteiger partial charge < -0.3 is 0 Å². The van der Waals surface area contributed by atoms with E-state index in [2.05, 4.69) is 67.6 Å². The predicted molar refractivity (Wildman–Crippen MR) is 94.3 cm³/mol. The van der Waals surface area contributed by atoms with Gasteiger partial charge in [-0.1, -0.05) is 39.0 Å². The van der Waals surface area contributed by atoms with Crippen molar-refractivity contribution in [2.24, 2.45) is 0 Å². The number of hydrogen-bond acceptors (Lipinski definition) is 0. The zero-order valence-electron chi connectivity index (χ0n) is 13.8. The SMILES string of the molecule is CC(C)(C)c1ccc(I)cc1.FC(F)(F)c1cccc(C(F)(F)F)c1. The number of benzene rings is 2. The van der Waals surface area contributed by atoms with Gasteiger partial charge in [-0.05, 0) is 63.9 Å². The monoisotopic (exact) mass is 474 g/mol. The van der Waals surface area contributed by atoms with E-state index in [1.807, 2.05) is 0 Å². The molecule has 0 heterocycles. The highest BCUT2D eigenvalue weighted by Crippen LogP contribution is 2.34. The summed E-state index contributed by atoms with van der Waals surface area (Å²) in [4.78, 5) is 0. The Morgan fingerprint density at radius 3 is 1.36 bits per heavy atom. The van der Waals surface area contributed by atoms with Crippen LogP contribution in [0, 0.1) is 3.57 Å². The fourth-order valence-corrected chi connectivity index (χ4v) is 2.18. The Kier molecular flexibility index (Phi) is 6.95. The average Bonchev–Trinajstić information content (AvgIpc) is 2.46. The first-order chi connectivity index (χ1) is 11.2. The van der Waals surface area contributed by atoms with Crippen molar-refractivity contribution in [1.29, 1.82) is 0 Å². The molecule has 2 aromatic rings. The average molecular weight is 474 g/mol. The van der Waals surface area contributed by atoms with Gasteiger partial charge in [-0.3, -0.25) is 0 Å². The molecular formula is C18H17F6I. The molecule has 0 bridgehead atoms. The van der Waals surface area contributed by atoms with Crippen molar-refractivity contribution in [3.05, 3.63) is 68.8 Å². The quantitative estimate of drug-likeness (QED) is 0.278. The van der Waals surface area contributed by atoms with Crippen molar-refractivity contribution in [3.8, 4) is 0 Å². The summed E-state index contributed by atoms with van der Waals surface area (Å²) in [7, 11) is 0. The fourth-order valence-electron chi connectivity index (χ4n) is 1.82. The second kappa shape index (κ2) is 7.97. The highest BCUT2D eigenvalue weighted by atomic mass is 127. The molecule has 138 valence electrons. The lowest BCUT2D eigenvalue weighted by atomic mass is 9.87. The van der Waals surface area contributed by atoms with Gasteiger partial charge in [0.15, 0.2) is 0 Å². The van der Waals surface area contributed by atoms with Gasteiger partial charge in [0.25, 0.3) is 0 Å². The Bertz CT molecular complexity index is 649. The summed E-state index contributed by atoms with van der Waals surface area (Å²) in [6, 6.07) is 10.7. The Morgan fingerprint density at radius 2 is 1.04 bits per heavy atom. The first kappa shape index (κ1) is 21.8. The topological polar surface area (TPSA) is 0 Å². The standard InChI is InChI=1S/C10H13I.C8H4F6/c1-10(2,3)8-4-6-9(11)7-5-8;9-7(10,11)5-2-1-3-6(4-5)8(12,13)14/h4-7H,1-3H3;1-4H. The number of alkyl halides is 6.